The van der Waals surface area contributed by atoms with E-state index < -0.39 is 5.25 Å². The lowest BCUT2D eigenvalue weighted by Crippen LogP contribution is -2.29. The molecule has 0 saturated heterocycles. The van der Waals surface area contributed by atoms with Gasteiger partial charge in [-0.3, -0.25) is 9.59 Å². The number of hydrogen-bond acceptors (Lipinski definition) is 5. The van der Waals surface area contributed by atoms with E-state index in [9.17, 15) is 9.59 Å². The number of rotatable bonds is 9. The molecule has 0 aromatic heterocycles. The lowest BCUT2D eigenvalue weighted by atomic mass is 10.1. The Morgan fingerprint density at radius 2 is 1.52 bits per heavy atom. The van der Waals surface area contributed by atoms with Crippen LogP contribution in [0.1, 0.15) is 35.8 Å². The Labute approximate surface area is 198 Å². The predicted octanol–water partition coefficient (Wildman–Crippen LogP) is 5.31. The number of methoxy groups -OCH3 is 2. The maximum absolute atomic E-state index is 12.9. The van der Waals surface area contributed by atoms with Gasteiger partial charge in [0.2, 0.25) is 5.91 Å². The van der Waals surface area contributed by atoms with Crippen LogP contribution in [0, 0.1) is 0 Å². The molecule has 3 rings (SSSR count). The Hall–Kier alpha value is -3.45. The van der Waals surface area contributed by atoms with Crippen LogP contribution in [0.2, 0.25) is 0 Å². The Balaban J connectivity index is 1.68. The maximum atomic E-state index is 12.9. The highest BCUT2D eigenvalue weighted by Crippen LogP contribution is 2.34. The molecule has 3 aromatic rings. The zero-order valence-electron chi connectivity index (χ0n) is 19.1. The van der Waals surface area contributed by atoms with Crippen LogP contribution in [0.5, 0.6) is 11.5 Å². The monoisotopic (exact) mass is 464 g/mol. The zero-order valence-corrected chi connectivity index (χ0v) is 19.9. The molecule has 2 atom stereocenters. The minimum atomic E-state index is -0.400. The summed E-state index contributed by atoms with van der Waals surface area (Å²) in [7, 11) is 3.15. The number of thioether (sulfide) groups is 1. The van der Waals surface area contributed by atoms with Gasteiger partial charge in [-0.2, -0.15) is 0 Å². The molecule has 0 heterocycles. The molecule has 0 fully saturated rings. The average Bonchev–Trinajstić information content (AvgIpc) is 2.84. The number of benzene rings is 3. The third kappa shape index (κ3) is 6.29. The second-order valence-corrected chi connectivity index (χ2v) is 8.83. The van der Waals surface area contributed by atoms with Gasteiger partial charge in [-0.15, -0.1) is 11.8 Å². The molecule has 0 aliphatic carbocycles. The SMILES string of the molecule is COc1ccc(S[C@H](C)C(=O)Nc2ccccc2C(=O)N[C@@H](C)c2ccccc2)cc1OC. The molecule has 7 heteroatoms. The van der Waals surface area contributed by atoms with Crippen molar-refractivity contribution < 1.29 is 19.1 Å². The standard InChI is InChI=1S/C26H28N2O4S/c1-17(19-10-6-5-7-11-19)27-26(30)21-12-8-9-13-22(21)28-25(29)18(2)33-20-14-15-23(31-3)24(16-20)32-4/h5-18H,1-4H3,(H,27,30)(H,28,29)/t17-,18+/m0/s1. The molecule has 33 heavy (non-hydrogen) atoms. The molecule has 2 N–H and O–H groups in total. The van der Waals surface area contributed by atoms with Crippen LogP contribution in [0.3, 0.4) is 0 Å². The molecular weight excluding hydrogens is 436 g/mol. The van der Waals surface area contributed by atoms with Crippen LogP contribution in [0.4, 0.5) is 5.69 Å². The van der Waals surface area contributed by atoms with Crippen molar-refractivity contribution in [1.29, 1.82) is 0 Å². The number of ether oxygens (including phenoxy) is 2. The van der Waals surface area contributed by atoms with Gasteiger partial charge in [-0.1, -0.05) is 42.5 Å². The summed E-state index contributed by atoms with van der Waals surface area (Å²) < 4.78 is 10.6. The van der Waals surface area contributed by atoms with Gasteiger partial charge in [-0.25, -0.2) is 0 Å². The van der Waals surface area contributed by atoms with E-state index in [1.54, 1.807) is 44.6 Å². The van der Waals surface area contributed by atoms with Crippen molar-refractivity contribution in [3.05, 3.63) is 83.9 Å². The largest absolute Gasteiger partial charge is 0.493 e. The van der Waals surface area contributed by atoms with E-state index in [1.807, 2.05) is 56.3 Å². The second kappa shape index (κ2) is 11.4. The number of carbonyl (C=O) groups excluding carboxylic acids is 2. The molecule has 0 aliphatic heterocycles. The number of amides is 2. The van der Waals surface area contributed by atoms with Gasteiger partial charge in [-0.05, 0) is 49.7 Å². The van der Waals surface area contributed by atoms with E-state index in [4.69, 9.17) is 9.47 Å². The second-order valence-electron chi connectivity index (χ2n) is 7.42. The van der Waals surface area contributed by atoms with Gasteiger partial charge >= 0.3 is 0 Å². The predicted molar refractivity (Wildman–Crippen MR) is 132 cm³/mol. The van der Waals surface area contributed by atoms with Crippen LogP contribution in [0.25, 0.3) is 0 Å². The molecule has 0 saturated carbocycles. The maximum Gasteiger partial charge on any atom is 0.253 e. The first-order chi connectivity index (χ1) is 15.9. The van der Waals surface area contributed by atoms with Crippen molar-refractivity contribution in [3.8, 4) is 11.5 Å². The Morgan fingerprint density at radius 3 is 2.21 bits per heavy atom. The molecule has 0 unspecified atom stereocenters. The normalized spacial score (nSPS) is 12.4. The molecule has 3 aromatic carbocycles. The summed E-state index contributed by atoms with van der Waals surface area (Å²) in [5, 5.41) is 5.50. The quantitative estimate of drug-likeness (QED) is 0.420. The summed E-state index contributed by atoms with van der Waals surface area (Å²) in [5.41, 5.74) is 1.89. The molecule has 0 bridgehead atoms. The van der Waals surface area contributed by atoms with Crippen LogP contribution in [-0.2, 0) is 4.79 Å². The first-order valence-corrected chi connectivity index (χ1v) is 11.4. The molecule has 0 radical (unpaired) electrons. The lowest BCUT2D eigenvalue weighted by Gasteiger charge is -2.18. The highest BCUT2D eigenvalue weighted by molar-refractivity contribution is 8.00. The van der Waals surface area contributed by atoms with Gasteiger partial charge < -0.3 is 20.1 Å². The van der Waals surface area contributed by atoms with E-state index in [0.717, 1.165) is 10.5 Å². The highest BCUT2D eigenvalue weighted by Gasteiger charge is 2.20. The first kappa shape index (κ1) is 24.2. The van der Waals surface area contributed by atoms with E-state index in [2.05, 4.69) is 10.6 Å². The molecule has 2 amide bonds. The Morgan fingerprint density at radius 1 is 0.848 bits per heavy atom. The summed E-state index contributed by atoms with van der Waals surface area (Å²) in [4.78, 5) is 26.7. The van der Waals surface area contributed by atoms with Crippen LogP contribution in [-0.4, -0.2) is 31.3 Å². The minimum absolute atomic E-state index is 0.165. The summed E-state index contributed by atoms with van der Waals surface area (Å²) in [6.45, 7) is 3.74. The van der Waals surface area contributed by atoms with Gasteiger partial charge in [0.05, 0.1) is 36.8 Å². The highest BCUT2D eigenvalue weighted by atomic mass is 32.2. The molecule has 0 aliphatic rings. The van der Waals surface area contributed by atoms with Crippen molar-refractivity contribution >= 4 is 29.3 Å². The van der Waals surface area contributed by atoms with Crippen molar-refractivity contribution in [2.75, 3.05) is 19.5 Å². The minimum Gasteiger partial charge on any atom is -0.493 e. The average molecular weight is 465 g/mol. The summed E-state index contributed by atoms with van der Waals surface area (Å²) >= 11 is 1.39. The first-order valence-electron chi connectivity index (χ1n) is 10.6. The fourth-order valence-corrected chi connectivity index (χ4v) is 4.17. The van der Waals surface area contributed by atoms with Crippen molar-refractivity contribution in [2.45, 2.75) is 30.0 Å². The van der Waals surface area contributed by atoms with E-state index >= 15 is 0 Å². The summed E-state index contributed by atoms with van der Waals surface area (Å²) in [6, 6.07) is 22.1. The number of anilines is 1. The lowest BCUT2D eigenvalue weighted by molar-refractivity contribution is -0.115. The zero-order chi connectivity index (χ0) is 23.8. The van der Waals surface area contributed by atoms with Crippen molar-refractivity contribution in [3.63, 3.8) is 0 Å². The molecule has 0 spiro atoms. The molecule has 172 valence electrons. The van der Waals surface area contributed by atoms with Crippen molar-refractivity contribution in [2.24, 2.45) is 0 Å². The Kier molecular flexibility index (Phi) is 8.38. The van der Waals surface area contributed by atoms with Gasteiger partial charge in [0, 0.05) is 4.90 Å². The third-order valence-electron chi connectivity index (χ3n) is 5.11. The fraction of sp³-hybridized carbons (Fsp3) is 0.231. The van der Waals surface area contributed by atoms with Gasteiger partial charge in [0.25, 0.3) is 5.91 Å². The Bertz CT molecular complexity index is 1100. The number of nitrogens with one attached hydrogen (secondary N) is 2. The van der Waals surface area contributed by atoms with Gasteiger partial charge in [0.1, 0.15) is 0 Å². The van der Waals surface area contributed by atoms with Crippen LogP contribution < -0.4 is 20.1 Å². The van der Waals surface area contributed by atoms with E-state index in [1.165, 1.54) is 11.8 Å². The number of hydrogen-bond donors (Lipinski definition) is 2. The molecule has 6 nitrogen and oxygen atoms in total. The van der Waals surface area contributed by atoms with E-state index in [0.29, 0.717) is 22.7 Å². The smallest absolute Gasteiger partial charge is 0.253 e. The topological polar surface area (TPSA) is 76.7 Å². The molecular formula is C26H28N2O4S. The van der Waals surface area contributed by atoms with Crippen molar-refractivity contribution in [1.82, 2.24) is 5.32 Å². The number of para-hydroxylation sites is 1. The third-order valence-corrected chi connectivity index (χ3v) is 6.21. The van der Waals surface area contributed by atoms with Crippen LogP contribution >= 0.6 is 11.8 Å². The van der Waals surface area contributed by atoms with Crippen LogP contribution in [0.15, 0.2) is 77.7 Å². The van der Waals surface area contributed by atoms with E-state index in [-0.39, 0.29) is 17.9 Å². The summed E-state index contributed by atoms with van der Waals surface area (Å²) in [6.07, 6.45) is 0. The number of carbonyl (C=O) groups is 2. The fourth-order valence-electron chi connectivity index (χ4n) is 3.27. The van der Waals surface area contributed by atoms with Gasteiger partial charge in [0.15, 0.2) is 11.5 Å². The summed E-state index contributed by atoms with van der Waals surface area (Å²) in [5.74, 6) is 0.780.